The summed E-state index contributed by atoms with van der Waals surface area (Å²) in [5.74, 6) is -0.168. The fourth-order valence-electron chi connectivity index (χ4n) is 2.14. The molecule has 0 heterocycles. The minimum Gasteiger partial charge on any atom is -0.461 e. The summed E-state index contributed by atoms with van der Waals surface area (Å²) < 4.78 is 5.28. The van der Waals surface area contributed by atoms with Crippen molar-refractivity contribution in [3.63, 3.8) is 0 Å². The number of benzene rings is 1. The predicted octanol–water partition coefficient (Wildman–Crippen LogP) is 4.91. The highest BCUT2D eigenvalue weighted by Crippen LogP contribution is 2.13. The second-order valence-corrected chi connectivity index (χ2v) is 5.48. The Hall–Kier alpha value is -2.34. The van der Waals surface area contributed by atoms with Crippen LogP contribution in [-0.2, 0) is 9.53 Å². The van der Waals surface area contributed by atoms with Crippen molar-refractivity contribution in [2.24, 2.45) is 5.92 Å². The number of ether oxygens (including phenoxy) is 1. The molecular formula is C20H25NO2. The number of nitrogens with zero attached hydrogens (tertiary/aromatic N) is 1. The lowest BCUT2D eigenvalue weighted by molar-refractivity contribution is -0.140. The molecular weight excluding hydrogens is 286 g/mol. The molecule has 23 heavy (non-hydrogen) atoms. The third kappa shape index (κ3) is 7.46. The van der Waals surface area contributed by atoms with E-state index in [0.717, 1.165) is 31.2 Å². The molecule has 0 saturated heterocycles. The summed E-state index contributed by atoms with van der Waals surface area (Å²) in [5.41, 5.74) is 1.04. The van der Waals surface area contributed by atoms with Gasteiger partial charge in [-0.3, -0.25) is 0 Å². The average molecular weight is 311 g/mol. The predicted molar refractivity (Wildman–Crippen MR) is 93.4 cm³/mol. The van der Waals surface area contributed by atoms with E-state index in [9.17, 15) is 4.79 Å². The quantitative estimate of drug-likeness (QED) is 0.282. The van der Waals surface area contributed by atoms with Crippen molar-refractivity contribution in [3.8, 4) is 6.07 Å². The molecule has 0 aromatic heterocycles. The second kappa shape index (κ2) is 11.3. The molecule has 1 aromatic carbocycles. The molecule has 3 nitrogen and oxygen atoms in total. The molecule has 0 aliphatic carbocycles. The van der Waals surface area contributed by atoms with Crippen LogP contribution in [0.15, 0.2) is 48.1 Å². The highest BCUT2D eigenvalue weighted by atomic mass is 16.5. The molecule has 0 unspecified atom stereocenters. The Morgan fingerprint density at radius 1 is 1.30 bits per heavy atom. The van der Waals surface area contributed by atoms with Crippen molar-refractivity contribution in [1.29, 1.82) is 5.26 Å². The lowest BCUT2D eigenvalue weighted by Gasteiger charge is -2.14. The molecule has 0 radical (unpaired) electrons. The Bertz CT molecular complexity index is 567. The zero-order valence-corrected chi connectivity index (χ0v) is 14.0. The van der Waals surface area contributed by atoms with Gasteiger partial charge in [-0.15, -0.1) is 0 Å². The van der Waals surface area contributed by atoms with Crippen molar-refractivity contribution in [3.05, 3.63) is 53.6 Å². The van der Waals surface area contributed by atoms with E-state index in [1.165, 1.54) is 6.08 Å². The fourth-order valence-corrected chi connectivity index (χ4v) is 2.14. The third-order valence-electron chi connectivity index (χ3n) is 3.68. The van der Waals surface area contributed by atoms with Gasteiger partial charge in [-0.1, -0.05) is 75.6 Å². The lowest BCUT2D eigenvalue weighted by Crippen LogP contribution is -2.14. The smallest absolute Gasteiger partial charge is 0.348 e. The van der Waals surface area contributed by atoms with Crippen LogP contribution in [0, 0.1) is 17.2 Å². The molecule has 0 fully saturated rings. The van der Waals surface area contributed by atoms with Gasteiger partial charge >= 0.3 is 5.97 Å². The number of rotatable bonds is 9. The van der Waals surface area contributed by atoms with E-state index in [4.69, 9.17) is 10.00 Å². The molecule has 122 valence electrons. The van der Waals surface area contributed by atoms with Gasteiger partial charge in [0.15, 0.2) is 0 Å². The molecule has 0 saturated carbocycles. The van der Waals surface area contributed by atoms with Gasteiger partial charge in [0, 0.05) is 0 Å². The monoisotopic (exact) mass is 311 g/mol. The molecule has 1 rings (SSSR count). The van der Waals surface area contributed by atoms with E-state index < -0.39 is 5.97 Å². The van der Waals surface area contributed by atoms with Gasteiger partial charge in [-0.25, -0.2) is 4.79 Å². The number of allylic oxidation sites excluding steroid dienone is 2. The van der Waals surface area contributed by atoms with Gasteiger partial charge < -0.3 is 4.74 Å². The minimum absolute atomic E-state index is 0.0301. The van der Waals surface area contributed by atoms with Crippen LogP contribution >= 0.6 is 0 Å². The number of nitriles is 1. The second-order valence-electron chi connectivity index (χ2n) is 5.48. The number of esters is 1. The molecule has 0 bridgehead atoms. The van der Waals surface area contributed by atoms with Crippen molar-refractivity contribution in [1.82, 2.24) is 0 Å². The SMILES string of the molecule is CCCC[C@@H](CC)COC(=O)/C(C#N)=C/C=C\c1ccccc1. The van der Waals surface area contributed by atoms with Gasteiger partial charge in [0.05, 0.1) is 6.61 Å². The molecule has 1 aromatic rings. The topological polar surface area (TPSA) is 50.1 Å². The maximum atomic E-state index is 12.0. The summed E-state index contributed by atoms with van der Waals surface area (Å²) in [6, 6.07) is 11.6. The highest BCUT2D eigenvalue weighted by Gasteiger charge is 2.13. The van der Waals surface area contributed by atoms with E-state index in [-0.39, 0.29) is 5.57 Å². The summed E-state index contributed by atoms with van der Waals surface area (Å²) in [4.78, 5) is 12.0. The first kappa shape index (κ1) is 18.7. The van der Waals surface area contributed by atoms with Gasteiger partial charge in [-0.05, 0) is 24.0 Å². The fraction of sp³-hybridized carbons (Fsp3) is 0.400. The lowest BCUT2D eigenvalue weighted by atomic mass is 10.0. The molecule has 0 N–H and O–H groups in total. The Kier molecular flexibility index (Phi) is 9.16. The zero-order chi connectivity index (χ0) is 16.9. The Morgan fingerprint density at radius 2 is 2.04 bits per heavy atom. The summed E-state index contributed by atoms with van der Waals surface area (Å²) in [6.45, 7) is 4.63. The van der Waals surface area contributed by atoms with Gasteiger partial charge in [0.25, 0.3) is 0 Å². The van der Waals surface area contributed by atoms with Crippen molar-refractivity contribution >= 4 is 12.0 Å². The first-order chi connectivity index (χ1) is 11.2. The highest BCUT2D eigenvalue weighted by molar-refractivity contribution is 5.93. The molecule has 0 aliphatic heterocycles. The van der Waals surface area contributed by atoms with Crippen LogP contribution in [0.5, 0.6) is 0 Å². The maximum Gasteiger partial charge on any atom is 0.348 e. The number of carbonyl (C=O) groups excluding carboxylic acids is 1. The molecule has 0 aliphatic rings. The van der Waals surface area contributed by atoms with Crippen LogP contribution in [0.2, 0.25) is 0 Å². The van der Waals surface area contributed by atoms with Crippen molar-refractivity contribution in [2.75, 3.05) is 6.61 Å². The van der Waals surface area contributed by atoms with E-state index >= 15 is 0 Å². The Morgan fingerprint density at radius 3 is 2.65 bits per heavy atom. The number of hydrogen-bond donors (Lipinski definition) is 0. The molecule has 1 atom stereocenters. The van der Waals surface area contributed by atoms with Crippen molar-refractivity contribution < 1.29 is 9.53 Å². The molecule has 0 spiro atoms. The standard InChI is InChI=1S/C20H25NO2/c1-3-5-10-17(4-2)16-23-20(22)19(15-21)14-9-13-18-11-7-6-8-12-18/h6-9,11-14,17H,3-5,10,16H2,1-2H3/b13-9-,19-14+/t17-/m1/s1. The van der Waals surface area contributed by atoms with E-state index in [1.54, 1.807) is 6.08 Å². The number of hydrogen-bond acceptors (Lipinski definition) is 3. The third-order valence-corrected chi connectivity index (χ3v) is 3.68. The molecule has 0 amide bonds. The van der Waals surface area contributed by atoms with Crippen LogP contribution < -0.4 is 0 Å². The van der Waals surface area contributed by atoms with Crippen molar-refractivity contribution in [2.45, 2.75) is 39.5 Å². The van der Waals surface area contributed by atoms with Gasteiger partial charge in [-0.2, -0.15) is 5.26 Å². The first-order valence-electron chi connectivity index (χ1n) is 8.21. The normalized spacial score (nSPS) is 12.8. The number of unbranched alkanes of at least 4 members (excludes halogenated alkanes) is 1. The largest absolute Gasteiger partial charge is 0.461 e. The summed E-state index contributed by atoms with van der Waals surface area (Å²) in [6.07, 6.45) is 9.36. The van der Waals surface area contributed by atoms with Gasteiger partial charge in [0.1, 0.15) is 11.6 Å². The van der Waals surface area contributed by atoms with Crippen LogP contribution in [0.3, 0.4) is 0 Å². The summed E-state index contributed by atoms with van der Waals surface area (Å²) >= 11 is 0. The zero-order valence-electron chi connectivity index (χ0n) is 14.0. The minimum atomic E-state index is -0.542. The van der Waals surface area contributed by atoms with E-state index in [0.29, 0.717) is 12.5 Å². The average Bonchev–Trinajstić information content (AvgIpc) is 2.59. The first-order valence-corrected chi connectivity index (χ1v) is 8.21. The Balaban J connectivity index is 2.56. The van der Waals surface area contributed by atoms with Crippen LogP contribution in [-0.4, -0.2) is 12.6 Å². The summed E-state index contributed by atoms with van der Waals surface area (Å²) in [5, 5.41) is 9.10. The van der Waals surface area contributed by atoms with Gasteiger partial charge in [0.2, 0.25) is 0 Å². The molecule has 3 heteroatoms. The maximum absolute atomic E-state index is 12.0. The van der Waals surface area contributed by atoms with Crippen LogP contribution in [0.1, 0.15) is 45.1 Å². The summed E-state index contributed by atoms with van der Waals surface area (Å²) in [7, 11) is 0. The Labute approximate surface area is 139 Å². The number of carbonyl (C=O) groups is 1. The van der Waals surface area contributed by atoms with E-state index in [1.807, 2.05) is 42.5 Å². The van der Waals surface area contributed by atoms with Crippen LogP contribution in [0.4, 0.5) is 0 Å². The van der Waals surface area contributed by atoms with Crippen LogP contribution in [0.25, 0.3) is 6.08 Å². The van der Waals surface area contributed by atoms with E-state index in [2.05, 4.69) is 13.8 Å².